The average molecular weight is 332 g/mol. The van der Waals surface area contributed by atoms with Crippen LogP contribution in [0.25, 0.3) is 0 Å². The van der Waals surface area contributed by atoms with Crippen molar-refractivity contribution in [2.45, 2.75) is 45.2 Å². The van der Waals surface area contributed by atoms with Crippen LogP contribution in [-0.2, 0) is 20.9 Å². The molecule has 1 aromatic carbocycles. The van der Waals surface area contributed by atoms with Crippen molar-refractivity contribution in [2.75, 3.05) is 6.54 Å². The van der Waals surface area contributed by atoms with Crippen molar-refractivity contribution < 1.29 is 19.5 Å². The highest BCUT2D eigenvalue weighted by molar-refractivity contribution is 5.79. The average Bonchev–Trinajstić information content (AvgIpc) is 3.00. The van der Waals surface area contributed by atoms with Gasteiger partial charge in [0, 0.05) is 32.5 Å². The maximum atomic E-state index is 12.1. The number of carboxylic acids is 1. The van der Waals surface area contributed by atoms with Crippen LogP contribution in [0.3, 0.4) is 0 Å². The van der Waals surface area contributed by atoms with Crippen molar-refractivity contribution in [1.82, 2.24) is 10.2 Å². The molecule has 24 heavy (non-hydrogen) atoms. The third-order valence-electron chi connectivity index (χ3n) is 4.45. The van der Waals surface area contributed by atoms with E-state index >= 15 is 0 Å². The Bertz CT molecular complexity index is 588. The summed E-state index contributed by atoms with van der Waals surface area (Å²) in [6.07, 6.45) is 2.29. The number of rotatable bonds is 7. The minimum absolute atomic E-state index is 0.0871. The van der Waals surface area contributed by atoms with Gasteiger partial charge in [-0.15, -0.1) is 0 Å². The number of aliphatic carboxylic acids is 1. The molecular weight excluding hydrogens is 308 g/mol. The normalized spacial score (nSPS) is 19.7. The number of hydrogen-bond acceptors (Lipinski definition) is 3. The summed E-state index contributed by atoms with van der Waals surface area (Å²) in [5.41, 5.74) is 1.01. The van der Waals surface area contributed by atoms with Crippen LogP contribution in [0, 0.1) is 5.92 Å². The molecule has 0 heterocycles. The van der Waals surface area contributed by atoms with Crippen LogP contribution in [0.4, 0.5) is 0 Å². The van der Waals surface area contributed by atoms with Gasteiger partial charge in [-0.3, -0.25) is 14.4 Å². The second-order valence-electron chi connectivity index (χ2n) is 6.23. The van der Waals surface area contributed by atoms with E-state index in [1.54, 1.807) is 4.90 Å². The summed E-state index contributed by atoms with van der Waals surface area (Å²) in [5, 5.41) is 12.0. The Morgan fingerprint density at radius 3 is 2.54 bits per heavy atom. The molecular formula is C18H24N2O4. The summed E-state index contributed by atoms with van der Waals surface area (Å²) in [4.78, 5) is 36.6. The molecule has 6 nitrogen and oxygen atoms in total. The number of carbonyl (C=O) groups excluding carboxylic acids is 2. The van der Waals surface area contributed by atoms with Crippen molar-refractivity contribution in [3.63, 3.8) is 0 Å². The van der Waals surface area contributed by atoms with Gasteiger partial charge in [0.05, 0.1) is 5.92 Å². The molecule has 1 aliphatic rings. The summed E-state index contributed by atoms with van der Waals surface area (Å²) >= 11 is 0. The first-order valence-electron chi connectivity index (χ1n) is 8.29. The van der Waals surface area contributed by atoms with Crippen LogP contribution in [0.5, 0.6) is 0 Å². The predicted octanol–water partition coefficient (Wildman–Crippen LogP) is 1.79. The first kappa shape index (κ1) is 18.0. The van der Waals surface area contributed by atoms with Crippen molar-refractivity contribution >= 4 is 17.8 Å². The van der Waals surface area contributed by atoms with E-state index in [1.807, 2.05) is 30.3 Å². The lowest BCUT2D eigenvalue weighted by Crippen LogP contribution is -2.41. The number of carbonyl (C=O) groups is 3. The fraction of sp³-hybridized carbons (Fsp3) is 0.500. The third-order valence-corrected chi connectivity index (χ3v) is 4.45. The van der Waals surface area contributed by atoms with Crippen molar-refractivity contribution in [3.8, 4) is 0 Å². The second-order valence-corrected chi connectivity index (χ2v) is 6.23. The molecule has 2 N–H and O–H groups in total. The molecule has 6 heteroatoms. The van der Waals surface area contributed by atoms with Crippen molar-refractivity contribution in [2.24, 2.45) is 5.92 Å². The van der Waals surface area contributed by atoms with Gasteiger partial charge in [0.2, 0.25) is 11.8 Å². The molecule has 130 valence electrons. The largest absolute Gasteiger partial charge is 0.481 e. The Balaban J connectivity index is 1.84. The van der Waals surface area contributed by atoms with E-state index in [2.05, 4.69) is 5.32 Å². The smallest absolute Gasteiger partial charge is 0.308 e. The molecule has 2 amide bonds. The van der Waals surface area contributed by atoms with E-state index in [-0.39, 0.29) is 24.3 Å². The van der Waals surface area contributed by atoms with Gasteiger partial charge in [-0.05, 0) is 18.4 Å². The SMILES string of the molecule is CC(=O)N(CCC(=O)N[C@@H]1CCC[C@@H]1C(=O)O)Cc1ccccc1. The summed E-state index contributed by atoms with van der Waals surface area (Å²) < 4.78 is 0. The number of nitrogens with zero attached hydrogens (tertiary/aromatic N) is 1. The van der Waals surface area contributed by atoms with E-state index in [1.165, 1.54) is 6.92 Å². The summed E-state index contributed by atoms with van der Waals surface area (Å²) in [6.45, 7) is 2.27. The Morgan fingerprint density at radius 1 is 1.21 bits per heavy atom. The Labute approximate surface area is 141 Å². The monoisotopic (exact) mass is 332 g/mol. The highest BCUT2D eigenvalue weighted by atomic mass is 16.4. The summed E-state index contributed by atoms with van der Waals surface area (Å²) in [7, 11) is 0. The number of amides is 2. The van der Waals surface area contributed by atoms with Crippen LogP contribution in [0.15, 0.2) is 30.3 Å². The van der Waals surface area contributed by atoms with Crippen LogP contribution in [-0.4, -0.2) is 40.4 Å². The molecule has 0 radical (unpaired) electrons. The minimum Gasteiger partial charge on any atom is -0.481 e. The van der Waals surface area contributed by atoms with Gasteiger partial charge in [-0.2, -0.15) is 0 Å². The lowest BCUT2D eigenvalue weighted by atomic mass is 10.0. The van der Waals surface area contributed by atoms with Gasteiger partial charge in [0.15, 0.2) is 0 Å². The van der Waals surface area contributed by atoms with E-state index in [9.17, 15) is 14.4 Å². The first-order chi connectivity index (χ1) is 11.5. The highest BCUT2D eigenvalue weighted by Gasteiger charge is 2.33. The molecule has 0 spiro atoms. The van der Waals surface area contributed by atoms with Crippen LogP contribution in [0.2, 0.25) is 0 Å². The molecule has 1 fully saturated rings. The molecule has 0 aliphatic heterocycles. The number of nitrogens with one attached hydrogen (secondary N) is 1. The molecule has 1 saturated carbocycles. The van der Waals surface area contributed by atoms with Crippen LogP contribution in [0.1, 0.15) is 38.2 Å². The fourth-order valence-electron chi connectivity index (χ4n) is 3.10. The van der Waals surface area contributed by atoms with Gasteiger partial charge in [-0.25, -0.2) is 0 Å². The standard InChI is InChI=1S/C18H24N2O4/c1-13(21)20(12-14-6-3-2-4-7-14)11-10-17(22)19-16-9-5-8-15(16)18(23)24/h2-4,6-7,15-16H,5,8-12H2,1H3,(H,19,22)(H,23,24)/t15-,16+/m0/s1. The lowest BCUT2D eigenvalue weighted by Gasteiger charge is -2.22. The molecule has 1 aromatic rings. The molecule has 0 unspecified atom stereocenters. The van der Waals surface area contributed by atoms with E-state index in [4.69, 9.17) is 5.11 Å². The van der Waals surface area contributed by atoms with E-state index < -0.39 is 11.9 Å². The molecule has 2 atom stereocenters. The van der Waals surface area contributed by atoms with Crippen LogP contribution >= 0.6 is 0 Å². The third kappa shape index (κ3) is 5.08. The second kappa shape index (κ2) is 8.47. The zero-order valence-corrected chi connectivity index (χ0v) is 13.9. The van der Waals surface area contributed by atoms with Gasteiger partial charge < -0.3 is 15.3 Å². The van der Waals surface area contributed by atoms with Gasteiger partial charge in [0.1, 0.15) is 0 Å². The Morgan fingerprint density at radius 2 is 1.92 bits per heavy atom. The van der Waals surface area contributed by atoms with Crippen LogP contribution < -0.4 is 5.32 Å². The van der Waals surface area contributed by atoms with E-state index in [0.29, 0.717) is 25.9 Å². The summed E-state index contributed by atoms with van der Waals surface area (Å²) in [5.74, 6) is -1.64. The van der Waals surface area contributed by atoms with Crippen molar-refractivity contribution in [3.05, 3.63) is 35.9 Å². The maximum absolute atomic E-state index is 12.1. The zero-order chi connectivity index (χ0) is 17.5. The first-order valence-corrected chi connectivity index (χ1v) is 8.29. The van der Waals surface area contributed by atoms with Crippen molar-refractivity contribution in [1.29, 1.82) is 0 Å². The number of benzene rings is 1. The maximum Gasteiger partial charge on any atom is 0.308 e. The quantitative estimate of drug-likeness (QED) is 0.797. The predicted molar refractivity (Wildman–Crippen MR) is 89.1 cm³/mol. The molecule has 0 bridgehead atoms. The Hall–Kier alpha value is -2.37. The molecule has 1 aliphatic carbocycles. The number of hydrogen-bond donors (Lipinski definition) is 2. The zero-order valence-electron chi connectivity index (χ0n) is 13.9. The fourth-order valence-corrected chi connectivity index (χ4v) is 3.10. The Kier molecular flexibility index (Phi) is 6.35. The molecule has 0 saturated heterocycles. The number of carboxylic acid groups (broad SMARTS) is 1. The van der Waals surface area contributed by atoms with E-state index in [0.717, 1.165) is 12.0 Å². The molecule has 2 rings (SSSR count). The van der Waals surface area contributed by atoms with Gasteiger partial charge in [0.25, 0.3) is 0 Å². The highest BCUT2D eigenvalue weighted by Crippen LogP contribution is 2.25. The summed E-state index contributed by atoms with van der Waals surface area (Å²) in [6, 6.07) is 9.31. The van der Waals surface area contributed by atoms with Gasteiger partial charge in [-0.1, -0.05) is 36.8 Å². The minimum atomic E-state index is -0.854. The molecule has 0 aromatic heterocycles. The lowest BCUT2D eigenvalue weighted by molar-refractivity contribution is -0.142. The topological polar surface area (TPSA) is 86.7 Å². The van der Waals surface area contributed by atoms with Gasteiger partial charge >= 0.3 is 5.97 Å².